The average Bonchev–Trinajstić information content (AvgIpc) is 3.38. The van der Waals surface area contributed by atoms with Crippen molar-refractivity contribution in [3.8, 4) is 0 Å². The standard InChI is InChI=1S/C33H35N3O4S3/c1-3-5-6-9-19-35-25-13-8-7-12-23(25)16-17-24-20-22(15-18-26(24)35)11-10-14-27-30(39)36(21-28(37)38)32(42-27)29-31(40)34(4-2)33(41)43-29/h7-8,10-15,18,20H,3-6,9,16-17,19,21H2,1-2H3,(H,37,38)/b11-10+,27-14+,32-29+. The maximum absolute atomic E-state index is 13.2. The van der Waals surface area contributed by atoms with Crippen LogP contribution in [0.1, 0.15) is 56.2 Å². The highest BCUT2D eigenvalue weighted by Gasteiger charge is 2.33. The van der Waals surface area contributed by atoms with Crippen molar-refractivity contribution in [2.24, 2.45) is 0 Å². The molecule has 1 aromatic heterocycles. The van der Waals surface area contributed by atoms with E-state index in [1.807, 2.05) is 19.1 Å². The van der Waals surface area contributed by atoms with Gasteiger partial charge in [0.1, 0.15) is 20.4 Å². The molecule has 2 aliphatic rings. The highest BCUT2D eigenvalue weighted by Crippen LogP contribution is 2.37. The van der Waals surface area contributed by atoms with Gasteiger partial charge in [-0.05, 0) is 67.2 Å². The number of carbonyl (C=O) groups is 2. The molecule has 2 aromatic carbocycles. The first-order chi connectivity index (χ1) is 20.8. The number of carbonyl (C=O) groups excluding carboxylic acids is 1. The number of aromatic nitrogens is 1. The number of thiazole rings is 1. The zero-order valence-electron chi connectivity index (χ0n) is 24.4. The van der Waals surface area contributed by atoms with Gasteiger partial charge in [-0.2, -0.15) is 0 Å². The van der Waals surface area contributed by atoms with Crippen molar-refractivity contribution in [3.63, 3.8) is 0 Å². The number of aryl methyl sites for hydroxylation is 2. The molecule has 1 saturated heterocycles. The predicted octanol–water partition coefficient (Wildman–Crippen LogP) is 5.29. The maximum atomic E-state index is 13.2. The number of rotatable bonds is 10. The Kier molecular flexibility index (Phi) is 10.00. The minimum Gasteiger partial charge on any atom is -0.480 e. The molecule has 3 aromatic rings. The second-order valence-corrected chi connectivity index (χ2v) is 13.2. The van der Waals surface area contributed by atoms with E-state index >= 15 is 0 Å². The number of hydrogen-bond donors (Lipinski definition) is 1. The zero-order chi connectivity index (χ0) is 30.5. The van der Waals surface area contributed by atoms with Crippen molar-refractivity contribution in [1.82, 2.24) is 9.47 Å². The van der Waals surface area contributed by atoms with Gasteiger partial charge in [-0.25, -0.2) is 0 Å². The quantitative estimate of drug-likeness (QED) is 0.240. The number of fused-ring (bicyclic) bond motifs is 2. The lowest BCUT2D eigenvalue weighted by Crippen LogP contribution is -2.35. The molecule has 0 bridgehead atoms. The zero-order valence-corrected chi connectivity index (χ0v) is 26.8. The van der Waals surface area contributed by atoms with Crippen LogP contribution in [0.15, 0.2) is 53.3 Å². The lowest BCUT2D eigenvalue weighted by molar-refractivity contribution is -0.137. The summed E-state index contributed by atoms with van der Waals surface area (Å²) in [4.78, 5) is 41.9. The van der Waals surface area contributed by atoms with Crippen LogP contribution in [0, 0.1) is 0 Å². The number of anilines is 2. The number of hydrogen-bond acceptors (Lipinski definition) is 7. The lowest BCUT2D eigenvalue weighted by Gasteiger charge is -2.27. The molecule has 10 heteroatoms. The predicted molar refractivity (Wildman–Crippen MR) is 181 cm³/mol. The van der Waals surface area contributed by atoms with Crippen LogP contribution in [0.4, 0.5) is 11.4 Å². The molecule has 0 aliphatic carbocycles. The molecule has 1 amide bonds. The van der Waals surface area contributed by atoms with E-state index in [4.69, 9.17) is 12.2 Å². The number of nitrogens with zero attached hydrogens (tertiary/aromatic N) is 3. The number of unbranched alkanes of at least 4 members (excludes halogenated alkanes) is 3. The van der Waals surface area contributed by atoms with Crippen LogP contribution in [-0.2, 0) is 29.0 Å². The first-order valence-corrected chi connectivity index (χ1v) is 16.7. The Labute approximate surface area is 264 Å². The second-order valence-electron chi connectivity index (χ2n) is 10.6. The summed E-state index contributed by atoms with van der Waals surface area (Å²) in [7, 11) is 0. The van der Waals surface area contributed by atoms with Crippen molar-refractivity contribution in [2.75, 3.05) is 18.0 Å². The van der Waals surface area contributed by atoms with Gasteiger partial charge in [0, 0.05) is 24.5 Å². The number of carboxylic acids is 1. The number of aliphatic carboxylic acids is 1. The van der Waals surface area contributed by atoms with E-state index in [9.17, 15) is 19.5 Å². The van der Waals surface area contributed by atoms with E-state index in [1.165, 1.54) is 46.7 Å². The molecular weight excluding hydrogens is 599 g/mol. The third-order valence-corrected chi connectivity index (χ3v) is 10.4. The third-order valence-electron chi connectivity index (χ3n) is 7.67. The minimum absolute atomic E-state index is 0.296. The summed E-state index contributed by atoms with van der Waals surface area (Å²) in [6.07, 6.45) is 12.2. The number of benzene rings is 2. The Morgan fingerprint density at radius 3 is 2.51 bits per heavy atom. The molecule has 5 rings (SSSR count). The summed E-state index contributed by atoms with van der Waals surface area (Å²) in [5.74, 6) is -1.45. The second kappa shape index (κ2) is 13.9. The topological polar surface area (TPSA) is 82.8 Å². The summed E-state index contributed by atoms with van der Waals surface area (Å²) >= 11 is 7.55. The van der Waals surface area contributed by atoms with Gasteiger partial charge in [-0.3, -0.25) is 23.9 Å². The monoisotopic (exact) mass is 633 g/mol. The SMILES string of the molecule is CCCCCCN1c2ccccc2CCc2cc(/C=C/C=c3/s/c(=C4/SC(=S)N(CC)C4=O)n(CC(=O)O)c3=O)ccc21. The fourth-order valence-corrected chi connectivity index (χ4v) is 8.12. The number of para-hydroxylation sites is 1. The third kappa shape index (κ3) is 6.71. The molecule has 43 heavy (non-hydrogen) atoms. The van der Waals surface area contributed by atoms with Crippen LogP contribution in [0.5, 0.6) is 0 Å². The number of allylic oxidation sites excluding steroid dienone is 1. The van der Waals surface area contributed by atoms with Crippen LogP contribution < -0.4 is 19.7 Å². The minimum atomic E-state index is -1.15. The molecule has 1 N–H and O–H groups in total. The number of thiocarbonyl (C=S) groups is 1. The number of amides is 1. The highest BCUT2D eigenvalue weighted by atomic mass is 32.2. The molecule has 0 unspecified atom stereocenters. The van der Waals surface area contributed by atoms with Gasteiger partial charge in [0.05, 0.1) is 4.53 Å². The van der Waals surface area contributed by atoms with Crippen LogP contribution in [0.2, 0.25) is 0 Å². The van der Waals surface area contributed by atoms with Crippen LogP contribution in [0.25, 0.3) is 17.1 Å². The van der Waals surface area contributed by atoms with E-state index in [0.717, 1.165) is 59.0 Å². The highest BCUT2D eigenvalue weighted by molar-refractivity contribution is 8.30. The van der Waals surface area contributed by atoms with Crippen molar-refractivity contribution in [2.45, 2.75) is 58.9 Å². The lowest BCUT2D eigenvalue weighted by atomic mass is 10.0. The largest absolute Gasteiger partial charge is 0.480 e. The van der Waals surface area contributed by atoms with Crippen LogP contribution in [-0.4, -0.2) is 43.9 Å². The maximum Gasteiger partial charge on any atom is 0.323 e. The van der Waals surface area contributed by atoms with Crippen molar-refractivity contribution in [3.05, 3.63) is 84.8 Å². The Bertz CT molecular complexity index is 1770. The molecule has 0 radical (unpaired) electrons. The molecule has 7 nitrogen and oxygen atoms in total. The fraction of sp³-hybridized carbons (Fsp3) is 0.333. The Balaban J connectivity index is 1.47. The molecule has 0 saturated carbocycles. The van der Waals surface area contributed by atoms with E-state index in [1.54, 1.807) is 6.08 Å². The van der Waals surface area contributed by atoms with E-state index < -0.39 is 18.1 Å². The molecule has 224 valence electrons. The average molecular weight is 634 g/mol. The van der Waals surface area contributed by atoms with Gasteiger partial charge in [0.2, 0.25) is 0 Å². The Morgan fingerprint density at radius 2 is 1.77 bits per heavy atom. The molecule has 0 atom stereocenters. The fourth-order valence-electron chi connectivity index (χ4n) is 5.52. The molecule has 2 aliphatic heterocycles. The molecular formula is C33H35N3O4S3. The van der Waals surface area contributed by atoms with Crippen molar-refractivity contribution >= 4 is 79.9 Å². The summed E-state index contributed by atoms with van der Waals surface area (Å²) < 4.78 is 2.24. The van der Waals surface area contributed by atoms with Gasteiger partial charge in [-0.1, -0.05) is 86.6 Å². The van der Waals surface area contributed by atoms with Crippen molar-refractivity contribution < 1.29 is 14.7 Å². The van der Waals surface area contributed by atoms with Gasteiger partial charge < -0.3 is 10.0 Å². The molecule has 3 heterocycles. The molecule has 0 spiro atoms. The van der Waals surface area contributed by atoms with E-state index in [0.29, 0.717) is 25.0 Å². The number of thioether (sulfide) groups is 1. The first-order valence-electron chi connectivity index (χ1n) is 14.7. The van der Waals surface area contributed by atoms with Gasteiger partial charge in [0.25, 0.3) is 11.5 Å². The van der Waals surface area contributed by atoms with Gasteiger partial charge in [-0.15, -0.1) is 11.3 Å². The van der Waals surface area contributed by atoms with Gasteiger partial charge in [0.15, 0.2) is 0 Å². The smallest absolute Gasteiger partial charge is 0.323 e. The van der Waals surface area contributed by atoms with Crippen LogP contribution >= 0.6 is 35.3 Å². The van der Waals surface area contributed by atoms with Crippen molar-refractivity contribution in [1.29, 1.82) is 0 Å². The normalized spacial score (nSPS) is 16.7. The summed E-state index contributed by atoms with van der Waals surface area (Å²) in [6, 6.07) is 15.2. The summed E-state index contributed by atoms with van der Waals surface area (Å²) in [5, 5.41) is 9.45. The Hall–Kier alpha value is -3.47. The van der Waals surface area contributed by atoms with E-state index in [-0.39, 0.29) is 5.91 Å². The van der Waals surface area contributed by atoms with E-state index in [2.05, 4.69) is 54.3 Å². The number of carboxylic acid groups (broad SMARTS) is 1. The summed E-state index contributed by atoms with van der Waals surface area (Å²) in [6.45, 7) is 4.92. The summed E-state index contributed by atoms with van der Waals surface area (Å²) in [5.41, 5.74) is 5.78. The molecule has 1 fully saturated rings. The first kappa shape index (κ1) is 31.0. The van der Waals surface area contributed by atoms with Crippen LogP contribution in [0.3, 0.4) is 0 Å². The van der Waals surface area contributed by atoms with Gasteiger partial charge >= 0.3 is 5.97 Å². The Morgan fingerprint density at radius 1 is 1.00 bits per heavy atom.